The summed E-state index contributed by atoms with van der Waals surface area (Å²) in [6, 6.07) is 5.25. The Bertz CT molecular complexity index is 264. The summed E-state index contributed by atoms with van der Waals surface area (Å²) in [5, 5.41) is 17.9. The predicted molar refractivity (Wildman–Crippen MR) is 52.2 cm³/mol. The van der Waals surface area contributed by atoms with Crippen LogP contribution in [0.5, 0.6) is 5.75 Å². The fourth-order valence-corrected chi connectivity index (χ4v) is 1.16. The quantitative estimate of drug-likeness (QED) is 0.640. The van der Waals surface area contributed by atoms with Gasteiger partial charge in [-0.1, -0.05) is 13.0 Å². The first kappa shape index (κ1) is 10.1. The van der Waals surface area contributed by atoms with Crippen molar-refractivity contribution in [1.82, 2.24) is 0 Å². The zero-order valence-electron chi connectivity index (χ0n) is 7.82. The molecule has 70 valence electrons. The molecule has 0 heterocycles. The molecule has 0 unspecified atom stereocenters. The summed E-state index contributed by atoms with van der Waals surface area (Å²) in [7, 11) is 0.128. The molecule has 0 aliphatic carbocycles. The Morgan fingerprint density at radius 3 is 2.46 bits per heavy atom. The highest BCUT2D eigenvalue weighted by molar-refractivity contribution is 6.58. The zero-order chi connectivity index (χ0) is 9.84. The van der Waals surface area contributed by atoms with Gasteiger partial charge < -0.3 is 14.8 Å². The molecular formula is C9H13BO3. The lowest BCUT2D eigenvalue weighted by molar-refractivity contribution is 0.411. The van der Waals surface area contributed by atoms with Crippen molar-refractivity contribution in [3.05, 3.63) is 23.8 Å². The second kappa shape index (κ2) is 4.30. The number of benzene rings is 1. The van der Waals surface area contributed by atoms with Crippen LogP contribution in [0.25, 0.3) is 0 Å². The predicted octanol–water partition coefficient (Wildman–Crippen LogP) is -0.0626. The summed E-state index contributed by atoms with van der Waals surface area (Å²) in [4.78, 5) is 0. The summed E-state index contributed by atoms with van der Waals surface area (Å²) in [5.41, 5.74) is 1.50. The molecule has 0 saturated heterocycles. The molecule has 0 aliphatic heterocycles. The Morgan fingerprint density at radius 2 is 2.00 bits per heavy atom. The van der Waals surface area contributed by atoms with Gasteiger partial charge in [-0.3, -0.25) is 0 Å². The molecule has 1 rings (SSSR count). The van der Waals surface area contributed by atoms with E-state index in [4.69, 9.17) is 14.8 Å². The normalized spacial score (nSPS) is 9.85. The van der Waals surface area contributed by atoms with Crippen LogP contribution < -0.4 is 10.2 Å². The lowest BCUT2D eigenvalue weighted by atomic mass is 9.79. The number of rotatable bonds is 3. The Labute approximate surface area is 78.1 Å². The van der Waals surface area contributed by atoms with Gasteiger partial charge in [-0.2, -0.15) is 0 Å². The van der Waals surface area contributed by atoms with E-state index in [1.807, 2.05) is 13.0 Å². The van der Waals surface area contributed by atoms with Gasteiger partial charge in [-0.25, -0.2) is 0 Å². The van der Waals surface area contributed by atoms with Gasteiger partial charge in [0.1, 0.15) is 5.75 Å². The molecule has 1 aromatic rings. The Kier molecular flexibility index (Phi) is 3.34. The van der Waals surface area contributed by atoms with Crippen molar-refractivity contribution in [2.24, 2.45) is 0 Å². The van der Waals surface area contributed by atoms with Crippen LogP contribution in [0.4, 0.5) is 0 Å². The van der Waals surface area contributed by atoms with Crippen LogP contribution in [-0.2, 0) is 6.42 Å². The topological polar surface area (TPSA) is 49.7 Å². The Balaban J connectivity index is 3.07. The first-order valence-corrected chi connectivity index (χ1v) is 4.21. The lowest BCUT2D eigenvalue weighted by Gasteiger charge is -2.06. The average molecular weight is 180 g/mol. The second-order valence-electron chi connectivity index (χ2n) is 2.84. The molecule has 3 nitrogen and oxygen atoms in total. The maximum Gasteiger partial charge on any atom is 0.488 e. The van der Waals surface area contributed by atoms with Crippen molar-refractivity contribution in [2.45, 2.75) is 13.3 Å². The molecule has 0 radical (unpaired) electrons. The minimum Gasteiger partial charge on any atom is -0.497 e. The third-order valence-electron chi connectivity index (χ3n) is 1.93. The maximum atomic E-state index is 8.96. The van der Waals surface area contributed by atoms with Gasteiger partial charge in [-0.15, -0.1) is 0 Å². The number of aryl methyl sites for hydroxylation is 1. The van der Waals surface area contributed by atoms with E-state index in [-0.39, 0.29) is 0 Å². The molecule has 0 atom stereocenters. The van der Waals surface area contributed by atoms with E-state index in [9.17, 15) is 0 Å². The van der Waals surface area contributed by atoms with Crippen LogP contribution in [0, 0.1) is 0 Å². The van der Waals surface area contributed by atoms with E-state index in [1.54, 1.807) is 19.2 Å². The van der Waals surface area contributed by atoms with Crippen LogP contribution in [0.3, 0.4) is 0 Å². The second-order valence-corrected chi connectivity index (χ2v) is 2.84. The lowest BCUT2D eigenvalue weighted by Crippen LogP contribution is -2.30. The third kappa shape index (κ3) is 2.47. The molecule has 4 heteroatoms. The molecule has 0 amide bonds. The van der Waals surface area contributed by atoms with Crippen LogP contribution in [0.15, 0.2) is 18.2 Å². The first-order chi connectivity index (χ1) is 6.17. The molecule has 0 bridgehead atoms. The zero-order valence-corrected chi connectivity index (χ0v) is 7.82. The molecular weight excluding hydrogens is 167 g/mol. The van der Waals surface area contributed by atoms with Gasteiger partial charge >= 0.3 is 7.12 Å². The van der Waals surface area contributed by atoms with Gasteiger partial charge in [0, 0.05) is 0 Å². The third-order valence-corrected chi connectivity index (χ3v) is 1.93. The Morgan fingerprint density at radius 1 is 1.31 bits per heavy atom. The summed E-state index contributed by atoms with van der Waals surface area (Å²) in [6.45, 7) is 2.00. The summed E-state index contributed by atoms with van der Waals surface area (Å²) in [5.74, 6) is 0.655. The van der Waals surface area contributed by atoms with Gasteiger partial charge in [-0.05, 0) is 29.6 Å². The van der Waals surface area contributed by atoms with Crippen LogP contribution in [0.2, 0.25) is 0 Å². The molecule has 13 heavy (non-hydrogen) atoms. The van der Waals surface area contributed by atoms with Crippen molar-refractivity contribution in [3.8, 4) is 5.75 Å². The van der Waals surface area contributed by atoms with Crippen LogP contribution >= 0.6 is 0 Å². The van der Waals surface area contributed by atoms with E-state index in [2.05, 4.69) is 0 Å². The molecule has 0 spiro atoms. The smallest absolute Gasteiger partial charge is 0.488 e. The highest BCUT2D eigenvalue weighted by Gasteiger charge is 2.12. The highest BCUT2D eigenvalue weighted by atomic mass is 16.5. The van der Waals surface area contributed by atoms with Crippen molar-refractivity contribution in [1.29, 1.82) is 0 Å². The fourth-order valence-electron chi connectivity index (χ4n) is 1.16. The van der Waals surface area contributed by atoms with Crippen LogP contribution in [0.1, 0.15) is 12.5 Å². The molecule has 0 aromatic heterocycles. The first-order valence-electron chi connectivity index (χ1n) is 4.21. The number of methoxy groups -OCH3 is 1. The summed E-state index contributed by atoms with van der Waals surface area (Å²) < 4.78 is 5.03. The maximum absolute atomic E-state index is 8.96. The summed E-state index contributed by atoms with van der Waals surface area (Å²) >= 11 is 0. The average Bonchev–Trinajstić information content (AvgIpc) is 2.16. The molecule has 0 fully saturated rings. The Hall–Kier alpha value is -0.995. The van der Waals surface area contributed by atoms with Crippen molar-refractivity contribution < 1.29 is 14.8 Å². The standard InChI is InChI=1S/C9H13BO3/c1-3-7-4-8(10(11)12)6-9(5-7)13-2/h4-6,11-12H,3H2,1-2H3. The SMILES string of the molecule is CCc1cc(OC)cc(B(O)O)c1. The van der Waals surface area contributed by atoms with E-state index in [0.29, 0.717) is 11.2 Å². The molecule has 2 N–H and O–H groups in total. The van der Waals surface area contributed by atoms with E-state index >= 15 is 0 Å². The van der Waals surface area contributed by atoms with Gasteiger partial charge in [0.2, 0.25) is 0 Å². The van der Waals surface area contributed by atoms with Gasteiger partial charge in [0.25, 0.3) is 0 Å². The number of hydrogen-bond acceptors (Lipinski definition) is 3. The number of hydrogen-bond donors (Lipinski definition) is 2. The summed E-state index contributed by atoms with van der Waals surface area (Å²) in [6.07, 6.45) is 0.844. The minimum absolute atomic E-state index is 0.469. The van der Waals surface area contributed by atoms with E-state index in [1.165, 1.54) is 0 Å². The van der Waals surface area contributed by atoms with Gasteiger partial charge in [0.15, 0.2) is 0 Å². The minimum atomic E-state index is -1.43. The van der Waals surface area contributed by atoms with Crippen molar-refractivity contribution in [2.75, 3.05) is 7.11 Å². The molecule has 1 aromatic carbocycles. The highest BCUT2D eigenvalue weighted by Crippen LogP contribution is 2.11. The van der Waals surface area contributed by atoms with Crippen molar-refractivity contribution in [3.63, 3.8) is 0 Å². The fraction of sp³-hybridized carbons (Fsp3) is 0.333. The molecule has 0 aliphatic rings. The van der Waals surface area contributed by atoms with Gasteiger partial charge in [0.05, 0.1) is 7.11 Å². The number of ether oxygens (including phenoxy) is 1. The van der Waals surface area contributed by atoms with E-state index in [0.717, 1.165) is 12.0 Å². The van der Waals surface area contributed by atoms with E-state index < -0.39 is 7.12 Å². The monoisotopic (exact) mass is 180 g/mol. The largest absolute Gasteiger partial charge is 0.497 e. The van der Waals surface area contributed by atoms with Crippen molar-refractivity contribution >= 4 is 12.6 Å². The molecule has 0 saturated carbocycles. The van der Waals surface area contributed by atoms with Crippen LogP contribution in [-0.4, -0.2) is 24.3 Å².